The lowest BCUT2D eigenvalue weighted by molar-refractivity contribution is 0.263. The minimum Gasteiger partial charge on any atom is -0.330 e. The molecule has 2 heteroatoms. The van der Waals surface area contributed by atoms with Crippen molar-refractivity contribution in [3.05, 3.63) is 34.9 Å². The average molecular weight is 196 g/mol. The Morgan fingerprint density at radius 3 is 2.38 bits per heavy atom. The molecule has 0 radical (unpaired) electrons. The third kappa shape index (κ3) is 1.72. The number of halogens is 1. The molecule has 1 nitrogen and oxygen atoms in total. The van der Waals surface area contributed by atoms with Crippen LogP contribution in [0.1, 0.15) is 24.3 Å². The summed E-state index contributed by atoms with van der Waals surface area (Å²) in [7, 11) is 0. The van der Waals surface area contributed by atoms with Gasteiger partial charge in [-0.1, -0.05) is 23.7 Å². The molecule has 70 valence electrons. The van der Waals surface area contributed by atoms with Crippen LogP contribution in [0.3, 0.4) is 0 Å². The van der Waals surface area contributed by atoms with Crippen molar-refractivity contribution in [2.24, 2.45) is 11.7 Å². The zero-order valence-electron chi connectivity index (χ0n) is 7.54. The van der Waals surface area contributed by atoms with E-state index >= 15 is 0 Å². The lowest BCUT2D eigenvalue weighted by Gasteiger charge is -2.36. The van der Waals surface area contributed by atoms with Gasteiger partial charge in [-0.15, -0.1) is 0 Å². The Labute approximate surface area is 83.9 Å². The fraction of sp³-hybridized carbons (Fsp3) is 0.455. The van der Waals surface area contributed by atoms with Gasteiger partial charge in [-0.05, 0) is 48.9 Å². The van der Waals surface area contributed by atoms with Gasteiger partial charge in [0, 0.05) is 5.02 Å². The molecule has 2 unspecified atom stereocenters. The van der Waals surface area contributed by atoms with Gasteiger partial charge in [-0.3, -0.25) is 0 Å². The smallest absolute Gasteiger partial charge is 0.0406 e. The highest BCUT2D eigenvalue weighted by atomic mass is 35.5. The monoisotopic (exact) mass is 195 g/mol. The van der Waals surface area contributed by atoms with Crippen LogP contribution in [0, 0.1) is 5.92 Å². The molecule has 13 heavy (non-hydrogen) atoms. The maximum Gasteiger partial charge on any atom is 0.0406 e. The molecule has 2 atom stereocenters. The lowest BCUT2D eigenvalue weighted by Crippen LogP contribution is -2.30. The van der Waals surface area contributed by atoms with Crippen molar-refractivity contribution < 1.29 is 0 Å². The summed E-state index contributed by atoms with van der Waals surface area (Å²) in [5, 5.41) is 0.812. The number of nitrogens with two attached hydrogens (primary N) is 1. The fourth-order valence-electron chi connectivity index (χ4n) is 2.00. The second kappa shape index (κ2) is 3.69. The molecule has 1 aliphatic rings. The molecule has 1 fully saturated rings. The Kier molecular flexibility index (Phi) is 2.56. The van der Waals surface area contributed by atoms with E-state index in [0.717, 1.165) is 11.6 Å². The van der Waals surface area contributed by atoms with E-state index in [9.17, 15) is 0 Å². The van der Waals surface area contributed by atoms with Crippen LogP contribution in [0.15, 0.2) is 24.3 Å². The Hall–Kier alpha value is -0.530. The summed E-state index contributed by atoms with van der Waals surface area (Å²) in [6, 6.07) is 8.16. The van der Waals surface area contributed by atoms with Crippen molar-refractivity contribution in [1.29, 1.82) is 0 Å². The molecule has 1 aromatic carbocycles. The number of benzene rings is 1. The van der Waals surface area contributed by atoms with Crippen LogP contribution in [0.5, 0.6) is 0 Å². The first-order valence-electron chi connectivity index (χ1n) is 4.77. The maximum absolute atomic E-state index is 5.82. The minimum absolute atomic E-state index is 0.683. The number of hydrogen-bond donors (Lipinski definition) is 1. The first-order chi connectivity index (χ1) is 6.31. The van der Waals surface area contributed by atoms with Gasteiger partial charge in [0.2, 0.25) is 0 Å². The Balaban J connectivity index is 2.12. The third-order valence-electron chi connectivity index (χ3n) is 3.02. The minimum atomic E-state index is 0.683. The summed E-state index contributed by atoms with van der Waals surface area (Å²) in [6.07, 6.45) is 2.56. The van der Waals surface area contributed by atoms with Crippen molar-refractivity contribution in [2.45, 2.75) is 18.8 Å². The van der Waals surface area contributed by atoms with E-state index in [4.69, 9.17) is 17.3 Å². The third-order valence-corrected chi connectivity index (χ3v) is 3.27. The molecule has 0 bridgehead atoms. The molecule has 0 spiro atoms. The molecule has 1 aromatic rings. The van der Waals surface area contributed by atoms with E-state index in [1.807, 2.05) is 12.1 Å². The van der Waals surface area contributed by atoms with Crippen molar-refractivity contribution >= 4 is 11.6 Å². The SMILES string of the molecule is NCC1CCC1c1ccc(Cl)cc1. The predicted molar refractivity (Wildman–Crippen MR) is 56.0 cm³/mol. The topological polar surface area (TPSA) is 26.0 Å². The van der Waals surface area contributed by atoms with E-state index in [1.165, 1.54) is 18.4 Å². The van der Waals surface area contributed by atoms with Gasteiger partial charge >= 0.3 is 0 Å². The van der Waals surface area contributed by atoms with E-state index < -0.39 is 0 Å². The van der Waals surface area contributed by atoms with Crippen LogP contribution in [-0.4, -0.2) is 6.54 Å². The van der Waals surface area contributed by atoms with Crippen molar-refractivity contribution in [3.8, 4) is 0 Å². The molecule has 0 amide bonds. The largest absolute Gasteiger partial charge is 0.330 e. The molecule has 0 aliphatic heterocycles. The second-order valence-electron chi connectivity index (χ2n) is 3.73. The number of hydrogen-bond acceptors (Lipinski definition) is 1. The first kappa shape index (κ1) is 9.04. The van der Waals surface area contributed by atoms with Gasteiger partial charge in [-0.25, -0.2) is 0 Å². The van der Waals surface area contributed by atoms with Crippen LogP contribution in [0.4, 0.5) is 0 Å². The van der Waals surface area contributed by atoms with E-state index in [2.05, 4.69) is 12.1 Å². The van der Waals surface area contributed by atoms with Crippen molar-refractivity contribution in [1.82, 2.24) is 0 Å². The Morgan fingerprint density at radius 2 is 1.92 bits per heavy atom. The summed E-state index contributed by atoms with van der Waals surface area (Å²) in [6.45, 7) is 0.813. The van der Waals surface area contributed by atoms with Crippen molar-refractivity contribution in [3.63, 3.8) is 0 Å². The van der Waals surface area contributed by atoms with Crippen LogP contribution in [0.2, 0.25) is 5.02 Å². The van der Waals surface area contributed by atoms with Gasteiger partial charge in [0.1, 0.15) is 0 Å². The van der Waals surface area contributed by atoms with Crippen LogP contribution in [-0.2, 0) is 0 Å². The van der Waals surface area contributed by atoms with Gasteiger partial charge < -0.3 is 5.73 Å². The quantitative estimate of drug-likeness (QED) is 0.772. The highest BCUT2D eigenvalue weighted by Crippen LogP contribution is 2.41. The summed E-state index contributed by atoms with van der Waals surface area (Å²) in [5.41, 5.74) is 7.06. The molecule has 1 aliphatic carbocycles. The highest BCUT2D eigenvalue weighted by Gasteiger charge is 2.30. The molecule has 0 aromatic heterocycles. The van der Waals surface area contributed by atoms with Crippen LogP contribution in [0.25, 0.3) is 0 Å². The van der Waals surface area contributed by atoms with Crippen molar-refractivity contribution in [2.75, 3.05) is 6.54 Å². The normalized spacial score (nSPS) is 26.9. The van der Waals surface area contributed by atoms with Gasteiger partial charge in [-0.2, -0.15) is 0 Å². The molecule has 0 saturated heterocycles. The van der Waals surface area contributed by atoms with Gasteiger partial charge in [0.05, 0.1) is 0 Å². The average Bonchev–Trinajstić information content (AvgIpc) is 2.08. The van der Waals surface area contributed by atoms with Crippen LogP contribution < -0.4 is 5.73 Å². The maximum atomic E-state index is 5.82. The molecular weight excluding hydrogens is 182 g/mol. The van der Waals surface area contributed by atoms with Crippen LogP contribution >= 0.6 is 11.6 Å². The summed E-state index contributed by atoms with van der Waals surface area (Å²) < 4.78 is 0. The first-order valence-corrected chi connectivity index (χ1v) is 5.14. The lowest BCUT2D eigenvalue weighted by atomic mass is 9.70. The standard InChI is InChI=1S/C11H14ClN/c12-10-4-1-8(2-5-10)11-6-3-9(11)7-13/h1-2,4-5,9,11H,3,6-7,13H2. The van der Waals surface area contributed by atoms with Gasteiger partial charge in [0.25, 0.3) is 0 Å². The second-order valence-corrected chi connectivity index (χ2v) is 4.17. The van der Waals surface area contributed by atoms with Gasteiger partial charge in [0.15, 0.2) is 0 Å². The Morgan fingerprint density at radius 1 is 1.23 bits per heavy atom. The number of rotatable bonds is 2. The molecule has 2 N–H and O–H groups in total. The molecular formula is C11H14ClN. The Bertz CT molecular complexity index is 279. The zero-order valence-corrected chi connectivity index (χ0v) is 8.30. The van der Waals surface area contributed by atoms with E-state index in [1.54, 1.807) is 0 Å². The molecule has 0 heterocycles. The summed E-state index contributed by atoms with van der Waals surface area (Å²) >= 11 is 5.82. The molecule has 2 rings (SSSR count). The summed E-state index contributed by atoms with van der Waals surface area (Å²) in [5.74, 6) is 1.38. The molecule has 1 saturated carbocycles. The zero-order chi connectivity index (χ0) is 9.26. The van der Waals surface area contributed by atoms with E-state index in [0.29, 0.717) is 11.8 Å². The highest BCUT2D eigenvalue weighted by molar-refractivity contribution is 6.30. The fourth-order valence-corrected chi connectivity index (χ4v) is 2.13. The van der Waals surface area contributed by atoms with E-state index in [-0.39, 0.29) is 0 Å². The summed E-state index contributed by atoms with van der Waals surface area (Å²) in [4.78, 5) is 0. The predicted octanol–water partition coefficient (Wildman–Crippen LogP) is 2.79.